The lowest BCUT2D eigenvalue weighted by molar-refractivity contribution is 1.17. The molecular weight excluding hydrogens is 386 g/mol. The topological polar surface area (TPSA) is 12.0 Å². The van der Waals surface area contributed by atoms with Gasteiger partial charge in [-0.3, -0.25) is 0 Å². The largest absolute Gasteiger partial charge is 0.380 e. The van der Waals surface area contributed by atoms with Crippen LogP contribution in [0.3, 0.4) is 0 Å². The van der Waals surface area contributed by atoms with Crippen molar-refractivity contribution in [3.05, 3.63) is 62.4 Å². The standard InChI is InChI=1S/C15H11Br2NS/c16-11-5-6-13(17)14(7-11)18-8-10-9-19-15-4-2-1-3-12(10)15/h1-7,9,18H,8H2. The van der Waals surface area contributed by atoms with Crippen molar-refractivity contribution in [1.82, 2.24) is 0 Å². The average Bonchev–Trinajstić information content (AvgIpc) is 2.83. The minimum Gasteiger partial charge on any atom is -0.380 e. The Bertz CT molecular complexity index is 721. The van der Waals surface area contributed by atoms with E-state index < -0.39 is 0 Å². The minimum absolute atomic E-state index is 0.832. The second kappa shape index (κ2) is 5.65. The van der Waals surface area contributed by atoms with Crippen LogP contribution in [0.15, 0.2) is 56.8 Å². The first-order valence-corrected chi connectivity index (χ1v) is 8.34. The van der Waals surface area contributed by atoms with Crippen molar-refractivity contribution in [2.45, 2.75) is 6.54 Å². The van der Waals surface area contributed by atoms with E-state index >= 15 is 0 Å². The van der Waals surface area contributed by atoms with Crippen LogP contribution < -0.4 is 5.32 Å². The second-order valence-electron chi connectivity index (χ2n) is 4.23. The Labute approximate surface area is 132 Å². The summed E-state index contributed by atoms with van der Waals surface area (Å²) in [4.78, 5) is 0. The fourth-order valence-electron chi connectivity index (χ4n) is 1.99. The molecule has 1 aromatic heterocycles. The number of thiophene rings is 1. The lowest BCUT2D eigenvalue weighted by atomic mass is 10.2. The molecule has 1 N–H and O–H groups in total. The molecule has 0 spiro atoms. The zero-order valence-electron chi connectivity index (χ0n) is 9.99. The number of halogens is 2. The van der Waals surface area contributed by atoms with Crippen LogP contribution >= 0.6 is 43.2 Å². The molecule has 0 amide bonds. The molecule has 0 bridgehead atoms. The molecule has 0 unspecified atom stereocenters. The monoisotopic (exact) mass is 395 g/mol. The normalized spacial score (nSPS) is 10.8. The van der Waals surface area contributed by atoms with Crippen LogP contribution in [0.5, 0.6) is 0 Å². The molecule has 2 aromatic carbocycles. The van der Waals surface area contributed by atoms with Crippen LogP contribution in [-0.2, 0) is 6.54 Å². The predicted octanol–water partition coefficient (Wildman–Crippen LogP) is 6.04. The molecule has 96 valence electrons. The third kappa shape index (κ3) is 2.86. The summed E-state index contributed by atoms with van der Waals surface area (Å²) in [5, 5.41) is 7.04. The van der Waals surface area contributed by atoms with Gasteiger partial charge in [0.2, 0.25) is 0 Å². The SMILES string of the molecule is Brc1ccc(Br)c(NCc2csc3ccccc23)c1. The molecule has 0 aliphatic heterocycles. The van der Waals surface area contributed by atoms with Crippen LogP contribution in [0.1, 0.15) is 5.56 Å². The van der Waals surface area contributed by atoms with Gasteiger partial charge in [0.1, 0.15) is 0 Å². The summed E-state index contributed by atoms with van der Waals surface area (Å²) in [6.45, 7) is 0.832. The molecule has 0 fully saturated rings. The smallest absolute Gasteiger partial charge is 0.0498 e. The van der Waals surface area contributed by atoms with Gasteiger partial charge in [0, 0.05) is 25.9 Å². The van der Waals surface area contributed by atoms with E-state index in [1.807, 2.05) is 12.1 Å². The highest BCUT2D eigenvalue weighted by atomic mass is 79.9. The second-order valence-corrected chi connectivity index (χ2v) is 6.92. The molecule has 0 aliphatic rings. The summed E-state index contributed by atoms with van der Waals surface area (Å²) in [5.41, 5.74) is 2.44. The van der Waals surface area contributed by atoms with Crippen LogP contribution in [0.25, 0.3) is 10.1 Å². The van der Waals surface area contributed by atoms with Gasteiger partial charge in [-0.2, -0.15) is 0 Å². The third-order valence-electron chi connectivity index (χ3n) is 2.96. The molecule has 0 saturated carbocycles. The Hall–Kier alpha value is -0.840. The highest BCUT2D eigenvalue weighted by Gasteiger charge is 2.05. The Balaban J connectivity index is 1.84. The van der Waals surface area contributed by atoms with Crippen molar-refractivity contribution >= 4 is 59.0 Å². The van der Waals surface area contributed by atoms with Crippen LogP contribution in [0, 0.1) is 0 Å². The Morgan fingerprint density at radius 1 is 1.05 bits per heavy atom. The molecular formula is C15H11Br2NS. The number of hydrogen-bond acceptors (Lipinski definition) is 2. The minimum atomic E-state index is 0.832. The van der Waals surface area contributed by atoms with Crippen molar-refractivity contribution in [3.63, 3.8) is 0 Å². The molecule has 3 rings (SSSR count). The van der Waals surface area contributed by atoms with Crippen molar-refractivity contribution in [3.8, 4) is 0 Å². The first kappa shape index (κ1) is 13.2. The zero-order chi connectivity index (χ0) is 13.2. The van der Waals surface area contributed by atoms with E-state index in [1.165, 1.54) is 15.6 Å². The molecule has 0 radical (unpaired) electrons. The Morgan fingerprint density at radius 3 is 2.79 bits per heavy atom. The lowest BCUT2D eigenvalue weighted by Gasteiger charge is -2.08. The highest BCUT2D eigenvalue weighted by molar-refractivity contribution is 9.11. The molecule has 1 nitrogen and oxygen atoms in total. The fraction of sp³-hybridized carbons (Fsp3) is 0.0667. The molecule has 0 atom stereocenters. The Kier molecular flexibility index (Phi) is 3.91. The van der Waals surface area contributed by atoms with Crippen molar-refractivity contribution in [2.24, 2.45) is 0 Å². The van der Waals surface area contributed by atoms with E-state index in [4.69, 9.17) is 0 Å². The van der Waals surface area contributed by atoms with Gasteiger partial charge >= 0.3 is 0 Å². The maximum Gasteiger partial charge on any atom is 0.0498 e. The van der Waals surface area contributed by atoms with Crippen molar-refractivity contribution in [2.75, 3.05) is 5.32 Å². The first-order valence-electron chi connectivity index (χ1n) is 5.88. The van der Waals surface area contributed by atoms with Gasteiger partial charge in [-0.05, 0) is 56.5 Å². The van der Waals surface area contributed by atoms with E-state index in [0.717, 1.165) is 21.2 Å². The summed E-state index contributed by atoms with van der Waals surface area (Å²) in [5.74, 6) is 0. The highest BCUT2D eigenvalue weighted by Crippen LogP contribution is 2.29. The van der Waals surface area contributed by atoms with Crippen LogP contribution in [-0.4, -0.2) is 0 Å². The summed E-state index contributed by atoms with van der Waals surface area (Å²) in [7, 11) is 0. The predicted molar refractivity (Wildman–Crippen MR) is 91.0 cm³/mol. The average molecular weight is 397 g/mol. The van der Waals surface area contributed by atoms with E-state index in [2.05, 4.69) is 72.9 Å². The van der Waals surface area contributed by atoms with Crippen molar-refractivity contribution < 1.29 is 0 Å². The number of anilines is 1. The van der Waals surface area contributed by atoms with Gasteiger partial charge in [-0.25, -0.2) is 0 Å². The van der Waals surface area contributed by atoms with Gasteiger partial charge in [0.05, 0.1) is 0 Å². The maximum atomic E-state index is 3.56. The van der Waals surface area contributed by atoms with Crippen molar-refractivity contribution in [1.29, 1.82) is 0 Å². The quantitative estimate of drug-likeness (QED) is 0.569. The summed E-state index contributed by atoms with van der Waals surface area (Å²) < 4.78 is 3.50. The van der Waals surface area contributed by atoms with Gasteiger partial charge < -0.3 is 5.32 Å². The van der Waals surface area contributed by atoms with Crippen LogP contribution in [0.4, 0.5) is 5.69 Å². The van der Waals surface area contributed by atoms with Crippen LogP contribution in [0.2, 0.25) is 0 Å². The van der Waals surface area contributed by atoms with Gasteiger partial charge in [0.15, 0.2) is 0 Å². The zero-order valence-corrected chi connectivity index (χ0v) is 14.0. The number of benzene rings is 2. The number of fused-ring (bicyclic) bond motifs is 1. The Morgan fingerprint density at radius 2 is 1.89 bits per heavy atom. The van der Waals surface area contributed by atoms with E-state index in [1.54, 1.807) is 11.3 Å². The van der Waals surface area contributed by atoms with Gasteiger partial charge in [-0.1, -0.05) is 34.1 Å². The summed E-state index contributed by atoms with van der Waals surface area (Å²) >= 11 is 8.86. The fourth-order valence-corrected chi connectivity index (χ4v) is 3.70. The summed E-state index contributed by atoms with van der Waals surface area (Å²) in [6.07, 6.45) is 0. The van der Waals surface area contributed by atoms with Gasteiger partial charge in [-0.15, -0.1) is 11.3 Å². The molecule has 3 aromatic rings. The third-order valence-corrected chi connectivity index (χ3v) is 5.16. The molecule has 4 heteroatoms. The summed E-state index contributed by atoms with van der Waals surface area (Å²) in [6, 6.07) is 14.7. The molecule has 0 saturated heterocycles. The molecule has 1 heterocycles. The molecule has 19 heavy (non-hydrogen) atoms. The van der Waals surface area contributed by atoms with E-state index in [-0.39, 0.29) is 0 Å². The first-order chi connectivity index (χ1) is 9.24. The number of rotatable bonds is 3. The molecule has 0 aliphatic carbocycles. The van der Waals surface area contributed by atoms with Gasteiger partial charge in [0.25, 0.3) is 0 Å². The van der Waals surface area contributed by atoms with E-state index in [9.17, 15) is 0 Å². The number of hydrogen-bond donors (Lipinski definition) is 1. The maximum absolute atomic E-state index is 3.56. The van der Waals surface area contributed by atoms with E-state index in [0.29, 0.717) is 0 Å². The number of nitrogens with one attached hydrogen (secondary N) is 1. The lowest BCUT2D eigenvalue weighted by Crippen LogP contribution is -1.99.